The van der Waals surface area contributed by atoms with E-state index in [-0.39, 0.29) is 11.3 Å². The Kier molecular flexibility index (Phi) is 4.96. The van der Waals surface area contributed by atoms with E-state index in [0.29, 0.717) is 5.57 Å². The van der Waals surface area contributed by atoms with E-state index >= 15 is 0 Å². The number of hydrazone groups is 1. The fourth-order valence-corrected chi connectivity index (χ4v) is 1.45. The fourth-order valence-electron chi connectivity index (χ4n) is 1.45. The van der Waals surface area contributed by atoms with Crippen LogP contribution in [0.25, 0.3) is 0 Å². The molecule has 7 heteroatoms. The number of nitrogens with one attached hydrogen (secondary N) is 1. The van der Waals surface area contributed by atoms with Crippen LogP contribution in [-0.4, -0.2) is 32.5 Å². The monoisotopic (exact) mass is 292 g/mol. The number of amides is 1. The summed E-state index contributed by atoms with van der Waals surface area (Å²) in [5.74, 6) is -2.87. The van der Waals surface area contributed by atoms with Gasteiger partial charge in [0, 0.05) is 11.1 Å². The number of hydrogen-bond acceptors (Lipinski definition) is 6. The molecule has 1 amide bonds. The zero-order valence-corrected chi connectivity index (χ0v) is 11.6. The van der Waals surface area contributed by atoms with Crippen molar-refractivity contribution in [3.63, 3.8) is 0 Å². The van der Waals surface area contributed by atoms with Gasteiger partial charge in [-0.05, 0) is 26.0 Å². The Hall–Kier alpha value is -2.96. The van der Waals surface area contributed by atoms with Gasteiger partial charge in [-0.2, -0.15) is 5.10 Å². The van der Waals surface area contributed by atoms with Crippen LogP contribution in [0.4, 0.5) is 0 Å². The van der Waals surface area contributed by atoms with Crippen LogP contribution >= 0.6 is 0 Å². The molecule has 0 saturated carbocycles. The molecule has 0 aliphatic carbocycles. The van der Waals surface area contributed by atoms with Crippen molar-refractivity contribution in [1.29, 1.82) is 0 Å². The number of aromatic hydroxyl groups is 3. The molecule has 0 atom stereocenters. The summed E-state index contributed by atoms with van der Waals surface area (Å²) in [6.45, 7) is 6.84. The smallest absolute Gasteiger partial charge is 0.271 e. The van der Waals surface area contributed by atoms with Crippen LogP contribution in [0, 0.1) is 0 Å². The van der Waals surface area contributed by atoms with Crippen LogP contribution in [0.1, 0.15) is 24.2 Å². The van der Waals surface area contributed by atoms with Gasteiger partial charge in [0.25, 0.3) is 5.91 Å². The van der Waals surface area contributed by atoms with E-state index in [1.54, 1.807) is 13.8 Å². The number of aliphatic hydroxyl groups excluding tert-OH is 1. The summed E-state index contributed by atoms with van der Waals surface area (Å²) in [7, 11) is 0. The first kappa shape index (κ1) is 16.1. The summed E-state index contributed by atoms with van der Waals surface area (Å²) in [6.07, 6.45) is 1.22. The largest absolute Gasteiger partial charge is 0.508 e. The highest BCUT2D eigenvalue weighted by Crippen LogP contribution is 2.35. The SMILES string of the molecule is C=C(O)C(/C=N/NC(=O)c1cc(O)c(O)c(O)c1)=C(C)C. The van der Waals surface area contributed by atoms with E-state index in [9.17, 15) is 25.2 Å². The summed E-state index contributed by atoms with van der Waals surface area (Å²) < 4.78 is 0. The lowest BCUT2D eigenvalue weighted by Gasteiger charge is -2.05. The number of benzene rings is 1. The van der Waals surface area contributed by atoms with Crippen molar-refractivity contribution in [1.82, 2.24) is 5.43 Å². The normalized spacial score (nSPS) is 10.4. The minimum atomic E-state index is -0.714. The number of nitrogens with zero attached hydrogens (tertiary/aromatic N) is 1. The van der Waals surface area contributed by atoms with Crippen LogP contribution in [0.3, 0.4) is 0 Å². The molecule has 0 aromatic heterocycles. The highest BCUT2D eigenvalue weighted by Gasteiger charge is 2.13. The van der Waals surface area contributed by atoms with Gasteiger partial charge in [0.1, 0.15) is 5.76 Å². The Labute approximate surface area is 121 Å². The number of aliphatic hydroxyl groups is 1. The minimum Gasteiger partial charge on any atom is -0.508 e. The predicted molar refractivity (Wildman–Crippen MR) is 77.5 cm³/mol. The van der Waals surface area contributed by atoms with Gasteiger partial charge in [0.15, 0.2) is 17.2 Å². The molecule has 0 spiro atoms. The molecule has 1 aromatic rings. The first-order valence-electron chi connectivity index (χ1n) is 5.88. The molecular formula is C14H16N2O5. The van der Waals surface area contributed by atoms with E-state index in [0.717, 1.165) is 17.7 Å². The third kappa shape index (κ3) is 4.00. The van der Waals surface area contributed by atoms with Crippen molar-refractivity contribution in [2.24, 2.45) is 5.10 Å². The van der Waals surface area contributed by atoms with Crippen LogP contribution in [0.15, 0.2) is 40.7 Å². The molecule has 0 aliphatic rings. The molecule has 0 bridgehead atoms. The van der Waals surface area contributed by atoms with Gasteiger partial charge in [0.05, 0.1) is 6.21 Å². The average molecular weight is 292 g/mol. The molecule has 5 N–H and O–H groups in total. The molecule has 112 valence electrons. The van der Waals surface area contributed by atoms with E-state index in [1.165, 1.54) is 6.21 Å². The zero-order valence-electron chi connectivity index (χ0n) is 11.6. The Morgan fingerprint density at radius 1 is 1.24 bits per heavy atom. The number of phenols is 3. The summed E-state index contributed by atoms with van der Waals surface area (Å²) in [6, 6.07) is 1.96. The average Bonchev–Trinajstić information content (AvgIpc) is 2.39. The number of carbonyl (C=O) groups excluding carboxylic acids is 1. The summed E-state index contributed by atoms with van der Waals surface area (Å²) in [4.78, 5) is 11.8. The van der Waals surface area contributed by atoms with Crippen molar-refractivity contribution < 1.29 is 25.2 Å². The van der Waals surface area contributed by atoms with Crippen LogP contribution in [0.2, 0.25) is 0 Å². The molecule has 0 unspecified atom stereocenters. The number of carbonyl (C=O) groups is 1. The van der Waals surface area contributed by atoms with Crippen molar-refractivity contribution in [2.75, 3.05) is 0 Å². The van der Waals surface area contributed by atoms with Crippen LogP contribution in [0.5, 0.6) is 17.2 Å². The molecule has 0 aliphatic heterocycles. The van der Waals surface area contributed by atoms with Crippen molar-refractivity contribution in [2.45, 2.75) is 13.8 Å². The number of hydrogen-bond donors (Lipinski definition) is 5. The van der Waals surface area contributed by atoms with E-state index in [4.69, 9.17) is 0 Å². The third-order valence-corrected chi connectivity index (χ3v) is 2.54. The number of allylic oxidation sites excluding steroid dienone is 2. The molecule has 7 nitrogen and oxygen atoms in total. The third-order valence-electron chi connectivity index (χ3n) is 2.54. The molecule has 0 heterocycles. The van der Waals surface area contributed by atoms with Crippen molar-refractivity contribution >= 4 is 12.1 Å². The molecule has 1 aromatic carbocycles. The number of rotatable bonds is 4. The zero-order chi connectivity index (χ0) is 16.2. The Morgan fingerprint density at radius 2 is 1.76 bits per heavy atom. The maximum atomic E-state index is 11.8. The minimum absolute atomic E-state index is 0.0958. The molecule has 1 rings (SSSR count). The molecule has 0 saturated heterocycles. The molecule has 21 heavy (non-hydrogen) atoms. The van der Waals surface area contributed by atoms with E-state index in [2.05, 4.69) is 17.1 Å². The van der Waals surface area contributed by atoms with Crippen molar-refractivity contribution in [3.05, 3.63) is 41.2 Å². The van der Waals surface area contributed by atoms with Gasteiger partial charge in [-0.3, -0.25) is 4.79 Å². The lowest BCUT2D eigenvalue weighted by Crippen LogP contribution is -2.17. The second-order valence-corrected chi connectivity index (χ2v) is 4.42. The maximum Gasteiger partial charge on any atom is 0.271 e. The first-order chi connectivity index (χ1) is 9.73. The second-order valence-electron chi connectivity index (χ2n) is 4.42. The first-order valence-corrected chi connectivity index (χ1v) is 5.88. The van der Waals surface area contributed by atoms with Crippen molar-refractivity contribution in [3.8, 4) is 17.2 Å². The standard InChI is InChI=1S/C14H16N2O5/c1-7(2)10(8(3)17)6-15-16-14(21)9-4-11(18)13(20)12(19)5-9/h4-6,17-20H,3H2,1-2H3,(H,16,21)/b15-6+. The number of phenolic OH excluding ortho intramolecular Hbond substituents is 3. The Balaban J connectivity index is 2.88. The van der Waals surface area contributed by atoms with E-state index in [1.807, 2.05) is 0 Å². The predicted octanol–water partition coefficient (Wildman–Crippen LogP) is 1.93. The summed E-state index contributed by atoms with van der Waals surface area (Å²) >= 11 is 0. The molecule has 0 radical (unpaired) electrons. The van der Waals surface area contributed by atoms with Gasteiger partial charge in [-0.25, -0.2) is 5.43 Å². The lowest BCUT2D eigenvalue weighted by atomic mass is 10.1. The fraction of sp³-hybridized carbons (Fsp3) is 0.143. The van der Waals surface area contributed by atoms with Gasteiger partial charge in [-0.1, -0.05) is 12.2 Å². The molecule has 0 fully saturated rings. The highest BCUT2D eigenvalue weighted by atomic mass is 16.3. The van der Waals surface area contributed by atoms with Gasteiger partial charge in [0.2, 0.25) is 0 Å². The lowest BCUT2D eigenvalue weighted by molar-refractivity contribution is 0.0954. The Morgan fingerprint density at radius 3 is 2.19 bits per heavy atom. The van der Waals surface area contributed by atoms with Gasteiger partial charge < -0.3 is 20.4 Å². The van der Waals surface area contributed by atoms with E-state index < -0.39 is 23.2 Å². The van der Waals surface area contributed by atoms with Gasteiger partial charge in [-0.15, -0.1) is 0 Å². The summed E-state index contributed by atoms with van der Waals surface area (Å²) in [5, 5.41) is 40.8. The quantitative estimate of drug-likeness (QED) is 0.191. The van der Waals surface area contributed by atoms with Crippen LogP contribution < -0.4 is 5.43 Å². The summed E-state index contributed by atoms with van der Waals surface area (Å²) in [5.41, 5.74) is 3.18. The van der Waals surface area contributed by atoms with Crippen LogP contribution in [-0.2, 0) is 0 Å². The topological polar surface area (TPSA) is 122 Å². The maximum absolute atomic E-state index is 11.8. The van der Waals surface area contributed by atoms with Gasteiger partial charge >= 0.3 is 0 Å². The highest BCUT2D eigenvalue weighted by molar-refractivity contribution is 5.96. The molecular weight excluding hydrogens is 276 g/mol. The Bertz CT molecular complexity index is 620. The second kappa shape index (κ2) is 6.47.